The lowest BCUT2D eigenvalue weighted by Gasteiger charge is -2.39. The van der Waals surface area contributed by atoms with E-state index >= 15 is 0 Å². The number of ether oxygens (including phenoxy) is 1. The number of para-hydroxylation sites is 1. The highest BCUT2D eigenvalue weighted by atomic mass is 16.5. The van der Waals surface area contributed by atoms with Crippen LogP contribution in [0, 0.1) is 6.92 Å². The van der Waals surface area contributed by atoms with E-state index in [0.717, 1.165) is 11.4 Å². The molecule has 0 atom stereocenters. The summed E-state index contributed by atoms with van der Waals surface area (Å²) in [5.41, 5.74) is 2.20. The number of carbonyl (C=O) groups is 1. The quantitative estimate of drug-likeness (QED) is 0.675. The summed E-state index contributed by atoms with van der Waals surface area (Å²) in [6.07, 6.45) is 4.45. The maximum Gasteiger partial charge on any atom is 0.350 e. The van der Waals surface area contributed by atoms with Gasteiger partial charge in [0.1, 0.15) is 12.7 Å². The van der Waals surface area contributed by atoms with Gasteiger partial charge in [-0.3, -0.25) is 4.98 Å². The summed E-state index contributed by atoms with van der Waals surface area (Å²) in [4.78, 5) is 32.0. The molecule has 0 aliphatic carbocycles. The minimum Gasteiger partial charge on any atom is -0.379 e. The SMILES string of the molecule is Cc1cc(N(C(=O)N(c2ccccc2)c2ncncn2)N2CCOCC2)ccn1. The molecule has 1 aliphatic rings. The molecule has 9 nitrogen and oxygen atoms in total. The first-order valence-electron chi connectivity index (χ1n) is 9.30. The van der Waals surface area contributed by atoms with E-state index in [1.165, 1.54) is 17.6 Å². The molecule has 1 aromatic carbocycles. The number of nitrogens with zero attached hydrogens (tertiary/aromatic N) is 7. The molecule has 9 heteroatoms. The summed E-state index contributed by atoms with van der Waals surface area (Å²) in [5, 5.41) is 3.62. The monoisotopic (exact) mass is 391 g/mol. The first kappa shape index (κ1) is 18.9. The van der Waals surface area contributed by atoms with Crippen LogP contribution in [0.2, 0.25) is 0 Å². The average molecular weight is 391 g/mol. The minimum atomic E-state index is -0.296. The molecule has 4 rings (SSSR count). The number of pyridine rings is 1. The predicted molar refractivity (Wildman–Crippen MR) is 108 cm³/mol. The van der Waals surface area contributed by atoms with Crippen molar-refractivity contribution in [2.75, 3.05) is 36.2 Å². The molecule has 0 N–H and O–H groups in total. The zero-order valence-corrected chi connectivity index (χ0v) is 16.0. The van der Waals surface area contributed by atoms with E-state index in [9.17, 15) is 4.79 Å². The second-order valence-corrected chi connectivity index (χ2v) is 6.43. The van der Waals surface area contributed by atoms with E-state index in [2.05, 4.69) is 19.9 Å². The van der Waals surface area contributed by atoms with Crippen molar-refractivity contribution in [2.24, 2.45) is 0 Å². The Bertz CT molecular complexity index is 910. The number of hydrogen-bond acceptors (Lipinski definition) is 7. The molecule has 0 unspecified atom stereocenters. The van der Waals surface area contributed by atoms with Crippen molar-refractivity contribution in [3.63, 3.8) is 0 Å². The minimum absolute atomic E-state index is 0.250. The number of anilines is 3. The van der Waals surface area contributed by atoms with E-state index in [-0.39, 0.29) is 12.0 Å². The van der Waals surface area contributed by atoms with Gasteiger partial charge in [-0.2, -0.15) is 0 Å². The second kappa shape index (κ2) is 8.72. The first-order valence-corrected chi connectivity index (χ1v) is 9.30. The standard InChI is InChI=1S/C20H21N7O2/c1-16-13-18(7-8-22-16)27(25-9-11-29-12-10-25)20(28)26(17-5-3-2-4-6-17)19-23-14-21-15-24-19/h2-8,13-15H,9-12H2,1H3. The molecule has 148 valence electrons. The largest absolute Gasteiger partial charge is 0.379 e. The molecule has 1 saturated heterocycles. The number of amides is 2. The number of aryl methyl sites for hydroxylation is 1. The van der Waals surface area contributed by atoms with Crippen LogP contribution in [0.25, 0.3) is 0 Å². The number of hydrogen-bond donors (Lipinski definition) is 0. The van der Waals surface area contributed by atoms with Gasteiger partial charge in [-0.05, 0) is 31.2 Å². The topological polar surface area (TPSA) is 87.6 Å². The fourth-order valence-electron chi connectivity index (χ4n) is 3.14. The summed E-state index contributed by atoms with van der Waals surface area (Å²) in [5.74, 6) is 0.250. The molecule has 3 heterocycles. The average Bonchev–Trinajstić information content (AvgIpc) is 2.76. The number of morpholine rings is 1. The van der Waals surface area contributed by atoms with Crippen LogP contribution in [0.5, 0.6) is 0 Å². The van der Waals surface area contributed by atoms with Crippen LogP contribution in [0.4, 0.5) is 22.1 Å². The Morgan fingerprint density at radius 3 is 2.41 bits per heavy atom. The van der Waals surface area contributed by atoms with Crippen LogP contribution in [-0.2, 0) is 4.74 Å². The molecule has 2 amide bonds. The van der Waals surface area contributed by atoms with Gasteiger partial charge in [-0.1, -0.05) is 18.2 Å². The zero-order valence-electron chi connectivity index (χ0n) is 16.0. The fraction of sp³-hybridized carbons (Fsp3) is 0.250. The third kappa shape index (κ3) is 4.20. The number of urea groups is 1. The van der Waals surface area contributed by atoms with Crippen LogP contribution in [0.3, 0.4) is 0 Å². The molecular weight excluding hydrogens is 370 g/mol. The van der Waals surface area contributed by atoms with E-state index < -0.39 is 0 Å². The van der Waals surface area contributed by atoms with Crippen LogP contribution in [0.15, 0.2) is 61.3 Å². The summed E-state index contributed by atoms with van der Waals surface area (Å²) in [6, 6.07) is 12.7. The lowest BCUT2D eigenvalue weighted by Crippen LogP contribution is -2.55. The second-order valence-electron chi connectivity index (χ2n) is 6.43. The maximum absolute atomic E-state index is 13.9. The molecule has 1 aliphatic heterocycles. The molecule has 3 aromatic rings. The van der Waals surface area contributed by atoms with Gasteiger partial charge in [0.15, 0.2) is 0 Å². The van der Waals surface area contributed by atoms with Crippen LogP contribution < -0.4 is 9.91 Å². The van der Waals surface area contributed by atoms with Gasteiger partial charge in [-0.25, -0.2) is 34.7 Å². The third-order valence-electron chi connectivity index (χ3n) is 4.46. The number of rotatable bonds is 4. The summed E-state index contributed by atoms with van der Waals surface area (Å²) in [7, 11) is 0. The van der Waals surface area contributed by atoms with Gasteiger partial charge < -0.3 is 4.74 Å². The van der Waals surface area contributed by atoms with Gasteiger partial charge in [0.05, 0.1) is 24.6 Å². The summed E-state index contributed by atoms with van der Waals surface area (Å²) in [6.45, 7) is 4.17. The fourth-order valence-corrected chi connectivity index (χ4v) is 3.14. The Kier molecular flexibility index (Phi) is 5.68. The highest BCUT2D eigenvalue weighted by molar-refractivity contribution is 6.06. The zero-order chi connectivity index (χ0) is 20.1. The summed E-state index contributed by atoms with van der Waals surface area (Å²) >= 11 is 0. The van der Waals surface area contributed by atoms with Crippen molar-refractivity contribution < 1.29 is 9.53 Å². The van der Waals surface area contributed by atoms with Crippen LogP contribution in [0.1, 0.15) is 5.69 Å². The molecule has 2 aromatic heterocycles. The van der Waals surface area contributed by atoms with Crippen molar-refractivity contribution in [2.45, 2.75) is 6.92 Å². The molecule has 0 radical (unpaired) electrons. The molecule has 1 fully saturated rings. The maximum atomic E-state index is 13.9. The normalized spacial score (nSPS) is 14.4. The number of carbonyl (C=O) groups excluding carboxylic acids is 1. The summed E-state index contributed by atoms with van der Waals surface area (Å²) < 4.78 is 5.48. The number of benzene rings is 1. The predicted octanol–water partition coefficient (Wildman–Crippen LogP) is 2.59. The molecule has 0 spiro atoms. The van der Waals surface area contributed by atoms with Crippen molar-refractivity contribution in [1.29, 1.82) is 0 Å². The van der Waals surface area contributed by atoms with Crippen LogP contribution in [-0.4, -0.2) is 57.3 Å². The molecule has 29 heavy (non-hydrogen) atoms. The number of hydrazine groups is 1. The molecule has 0 bridgehead atoms. The Hall–Kier alpha value is -3.43. The van der Waals surface area contributed by atoms with E-state index in [1.807, 2.05) is 54.4 Å². The van der Waals surface area contributed by atoms with Gasteiger partial charge in [0.2, 0.25) is 5.95 Å². The smallest absolute Gasteiger partial charge is 0.350 e. The Labute approximate surface area is 168 Å². The third-order valence-corrected chi connectivity index (χ3v) is 4.46. The first-order chi connectivity index (χ1) is 14.2. The lowest BCUT2D eigenvalue weighted by atomic mass is 10.3. The Morgan fingerprint density at radius 1 is 1.00 bits per heavy atom. The van der Waals surface area contributed by atoms with E-state index in [1.54, 1.807) is 11.2 Å². The van der Waals surface area contributed by atoms with Crippen LogP contribution >= 0.6 is 0 Å². The van der Waals surface area contributed by atoms with Crippen molar-refractivity contribution in [3.8, 4) is 0 Å². The Morgan fingerprint density at radius 2 is 1.72 bits per heavy atom. The molecular formula is C20H21N7O2. The number of aromatic nitrogens is 4. The van der Waals surface area contributed by atoms with E-state index in [0.29, 0.717) is 32.0 Å². The Balaban J connectivity index is 1.79. The lowest BCUT2D eigenvalue weighted by molar-refractivity contribution is 0.0364. The van der Waals surface area contributed by atoms with Crippen molar-refractivity contribution in [3.05, 3.63) is 67.0 Å². The van der Waals surface area contributed by atoms with E-state index in [4.69, 9.17) is 4.74 Å². The van der Waals surface area contributed by atoms with Gasteiger partial charge in [0.25, 0.3) is 0 Å². The van der Waals surface area contributed by atoms with Gasteiger partial charge in [-0.15, -0.1) is 0 Å². The van der Waals surface area contributed by atoms with Crippen molar-refractivity contribution >= 4 is 23.4 Å². The van der Waals surface area contributed by atoms with Crippen molar-refractivity contribution in [1.82, 2.24) is 24.9 Å². The van der Waals surface area contributed by atoms with Gasteiger partial charge in [0, 0.05) is 25.0 Å². The van der Waals surface area contributed by atoms with Gasteiger partial charge >= 0.3 is 6.03 Å². The highest BCUT2D eigenvalue weighted by Crippen LogP contribution is 2.27. The highest BCUT2D eigenvalue weighted by Gasteiger charge is 2.32. The molecule has 0 saturated carbocycles.